The predicted molar refractivity (Wildman–Crippen MR) is 301 cm³/mol. The van der Waals surface area contributed by atoms with Gasteiger partial charge < -0.3 is 35.2 Å². The van der Waals surface area contributed by atoms with Crippen molar-refractivity contribution in [3.05, 3.63) is 36.5 Å². The lowest BCUT2D eigenvalue weighted by atomic mass is 9.99. The van der Waals surface area contributed by atoms with E-state index in [0.717, 1.165) is 44.9 Å². The summed E-state index contributed by atoms with van der Waals surface area (Å²) in [6.45, 7) is 3.43. The molecular weight excluding hydrogens is 943 g/mol. The van der Waals surface area contributed by atoms with Gasteiger partial charge in [0.25, 0.3) is 0 Å². The van der Waals surface area contributed by atoms with E-state index in [-0.39, 0.29) is 18.9 Å². The molecule has 7 unspecified atom stereocenters. The van der Waals surface area contributed by atoms with Crippen molar-refractivity contribution in [3.8, 4) is 0 Å². The van der Waals surface area contributed by atoms with E-state index in [9.17, 15) is 38.2 Å². The second-order valence-corrected chi connectivity index (χ2v) is 22.3. The number of aliphatic hydroxyl groups is 4. The second kappa shape index (κ2) is 49.9. The second-order valence-electron chi connectivity index (χ2n) is 21.3. The number of hydrogen-bond acceptors (Lipinski definition) is 10. The quantitative estimate of drug-likeness (QED) is 0.0193. The molecule has 0 aromatic heterocycles. The van der Waals surface area contributed by atoms with Crippen LogP contribution in [0.4, 0.5) is 0 Å². The molecule has 0 radical (unpaired) electrons. The minimum Gasteiger partial charge on any atom is -0.394 e. The zero-order valence-corrected chi connectivity index (χ0v) is 47.5. The summed E-state index contributed by atoms with van der Waals surface area (Å²) < 4.78 is 47.9. The average Bonchev–Trinajstić information content (AvgIpc) is 3.37. The summed E-state index contributed by atoms with van der Waals surface area (Å²) in [4.78, 5) is 13.1. The van der Waals surface area contributed by atoms with Crippen LogP contribution in [-0.4, -0.2) is 95.4 Å². The van der Waals surface area contributed by atoms with Crippen LogP contribution in [0.3, 0.4) is 0 Å². The fourth-order valence-corrected chi connectivity index (χ4v) is 10.2. The molecule has 1 amide bonds. The first-order chi connectivity index (χ1) is 35.5. The lowest BCUT2D eigenvalue weighted by Gasteiger charge is -2.41. The van der Waals surface area contributed by atoms with E-state index in [2.05, 4.69) is 47.7 Å². The standard InChI is InChI=1S/C60H113NO11S/c1-3-5-7-9-11-13-15-17-19-21-23-24-25-26-27-28-29-30-32-34-36-38-40-42-44-46-48-50-56(64)61-53(52-70-60-58(66)59(72-73(67,68)69)57(65)55(51-62)71-60)54(63)49-47-45-43-41-39-37-35-33-31-22-20-18-16-14-12-10-8-6-4-2/h23-24,26-27,47,49,53-55,57-60,62-63,65-66H,3-22,25,28-46,48,50-52H2,1-2H3,(H,61,64)(H,67,68,69)/b24-23-,27-26-,49-47+. The Balaban J connectivity index is 2.34. The maximum Gasteiger partial charge on any atom is 0.397 e. The van der Waals surface area contributed by atoms with Crippen molar-refractivity contribution in [2.45, 2.75) is 326 Å². The number of nitrogens with one attached hydrogen (secondary N) is 1. The molecule has 0 aromatic rings. The maximum atomic E-state index is 13.1. The molecule has 73 heavy (non-hydrogen) atoms. The smallest absolute Gasteiger partial charge is 0.394 e. The monoisotopic (exact) mass is 1060 g/mol. The molecule has 12 nitrogen and oxygen atoms in total. The van der Waals surface area contributed by atoms with Crippen molar-refractivity contribution < 1.29 is 51.8 Å². The highest BCUT2D eigenvalue weighted by Crippen LogP contribution is 2.26. The summed E-state index contributed by atoms with van der Waals surface area (Å²) in [5.41, 5.74) is 0. The van der Waals surface area contributed by atoms with Gasteiger partial charge >= 0.3 is 10.4 Å². The van der Waals surface area contributed by atoms with Crippen LogP contribution in [0.5, 0.6) is 0 Å². The number of amides is 1. The highest BCUT2D eigenvalue weighted by atomic mass is 32.3. The first kappa shape index (κ1) is 69.3. The Morgan fingerprint density at radius 1 is 0.548 bits per heavy atom. The molecule has 0 saturated carbocycles. The zero-order valence-electron chi connectivity index (χ0n) is 46.7. The molecule has 13 heteroatoms. The van der Waals surface area contributed by atoms with Crippen molar-refractivity contribution >= 4 is 16.3 Å². The number of allylic oxidation sites excluding steroid dienone is 5. The van der Waals surface area contributed by atoms with E-state index in [1.165, 1.54) is 212 Å². The van der Waals surface area contributed by atoms with Crippen LogP contribution in [0, 0.1) is 0 Å². The van der Waals surface area contributed by atoms with E-state index in [0.29, 0.717) is 6.42 Å². The van der Waals surface area contributed by atoms with Gasteiger partial charge in [-0.25, -0.2) is 4.18 Å². The van der Waals surface area contributed by atoms with Gasteiger partial charge in [0.15, 0.2) is 6.29 Å². The van der Waals surface area contributed by atoms with Crippen LogP contribution in [0.1, 0.15) is 284 Å². The number of rotatable bonds is 53. The van der Waals surface area contributed by atoms with Gasteiger partial charge in [0.2, 0.25) is 5.91 Å². The first-order valence-electron chi connectivity index (χ1n) is 30.4. The summed E-state index contributed by atoms with van der Waals surface area (Å²) in [5, 5.41) is 45.0. The fraction of sp³-hybridized carbons (Fsp3) is 0.883. The molecule has 6 N–H and O–H groups in total. The number of unbranched alkanes of at least 4 members (excludes halogenated alkanes) is 37. The molecule has 0 aliphatic carbocycles. The maximum absolute atomic E-state index is 13.1. The third kappa shape index (κ3) is 42.1. The van der Waals surface area contributed by atoms with Crippen molar-refractivity contribution in [2.24, 2.45) is 0 Å². The van der Waals surface area contributed by atoms with Crippen molar-refractivity contribution in [2.75, 3.05) is 13.2 Å². The van der Waals surface area contributed by atoms with Crippen molar-refractivity contribution in [3.63, 3.8) is 0 Å². The van der Waals surface area contributed by atoms with Crippen LogP contribution < -0.4 is 5.32 Å². The Kier molecular flexibility index (Phi) is 47.4. The number of carbonyl (C=O) groups is 1. The largest absolute Gasteiger partial charge is 0.397 e. The zero-order chi connectivity index (χ0) is 53.3. The molecule has 430 valence electrons. The summed E-state index contributed by atoms with van der Waals surface area (Å²) in [7, 11) is -5.09. The van der Waals surface area contributed by atoms with Crippen LogP contribution in [0.2, 0.25) is 0 Å². The molecule has 1 rings (SSSR count). The number of ether oxygens (including phenoxy) is 2. The van der Waals surface area contributed by atoms with E-state index >= 15 is 0 Å². The molecule has 1 saturated heterocycles. The van der Waals surface area contributed by atoms with Crippen LogP contribution in [0.25, 0.3) is 0 Å². The summed E-state index contributed by atoms with van der Waals surface area (Å²) in [5.74, 6) is -0.262. The van der Waals surface area contributed by atoms with Gasteiger partial charge in [-0.15, -0.1) is 0 Å². The van der Waals surface area contributed by atoms with Crippen LogP contribution in [0.15, 0.2) is 36.5 Å². The molecule has 1 fully saturated rings. The molecule has 0 bridgehead atoms. The predicted octanol–water partition coefficient (Wildman–Crippen LogP) is 14.6. The van der Waals surface area contributed by atoms with Crippen molar-refractivity contribution in [1.29, 1.82) is 0 Å². The summed E-state index contributed by atoms with van der Waals surface area (Å²) in [6, 6.07) is -0.946. The van der Waals surface area contributed by atoms with E-state index in [4.69, 9.17) is 9.47 Å². The van der Waals surface area contributed by atoms with Crippen molar-refractivity contribution in [1.82, 2.24) is 5.32 Å². The van der Waals surface area contributed by atoms with Crippen LogP contribution in [-0.2, 0) is 28.9 Å². The highest BCUT2D eigenvalue weighted by molar-refractivity contribution is 7.80. The summed E-state index contributed by atoms with van der Waals surface area (Å²) >= 11 is 0. The Labute approximate surface area is 447 Å². The van der Waals surface area contributed by atoms with Gasteiger partial charge in [-0.2, -0.15) is 8.42 Å². The molecule has 0 aromatic carbocycles. The van der Waals surface area contributed by atoms with E-state index < -0.39 is 59.9 Å². The minimum atomic E-state index is -5.09. The molecule has 1 heterocycles. The van der Waals surface area contributed by atoms with E-state index in [1.807, 2.05) is 6.08 Å². The van der Waals surface area contributed by atoms with Gasteiger partial charge in [-0.05, 0) is 51.4 Å². The number of carbonyl (C=O) groups excluding carboxylic acids is 1. The van der Waals surface area contributed by atoms with Gasteiger partial charge in [0.05, 0.1) is 25.4 Å². The van der Waals surface area contributed by atoms with Gasteiger partial charge in [0.1, 0.15) is 24.4 Å². The SMILES string of the molecule is CCCCCCCCCCC/C=C\C/C=C\CCCCCCCCCCCCCC(=O)NC(COC1OC(CO)C(O)C(OS(=O)(=O)O)C1O)C(O)/C=C/CCCCCCCCCCCCCCCCCCC. The van der Waals surface area contributed by atoms with Crippen LogP contribution >= 0.6 is 0 Å². The molecule has 1 aliphatic rings. The van der Waals surface area contributed by atoms with Gasteiger partial charge in [0, 0.05) is 6.42 Å². The van der Waals surface area contributed by atoms with E-state index in [1.54, 1.807) is 6.08 Å². The third-order valence-electron chi connectivity index (χ3n) is 14.4. The van der Waals surface area contributed by atoms with Gasteiger partial charge in [-0.1, -0.05) is 262 Å². The Morgan fingerprint density at radius 2 is 0.918 bits per heavy atom. The lowest BCUT2D eigenvalue weighted by Crippen LogP contribution is -2.61. The molecular formula is C60H113NO11S. The highest BCUT2D eigenvalue weighted by Gasteiger charge is 2.48. The topological polar surface area (TPSA) is 192 Å². The Hall–Kier alpha value is -1.68. The third-order valence-corrected chi connectivity index (χ3v) is 14.9. The number of aliphatic hydroxyl groups excluding tert-OH is 4. The summed E-state index contributed by atoms with van der Waals surface area (Å²) in [6.07, 6.45) is 54.7. The Bertz CT molecular complexity index is 1430. The molecule has 7 atom stereocenters. The first-order valence-corrected chi connectivity index (χ1v) is 31.7. The molecule has 0 spiro atoms. The normalized spacial score (nSPS) is 19.5. The fourth-order valence-electron chi connectivity index (χ4n) is 9.72. The van der Waals surface area contributed by atoms with Gasteiger partial charge in [-0.3, -0.25) is 9.35 Å². The number of hydrogen-bond donors (Lipinski definition) is 6. The molecule has 1 aliphatic heterocycles. The Morgan fingerprint density at radius 3 is 1.30 bits per heavy atom. The average molecular weight is 1060 g/mol. The minimum absolute atomic E-state index is 0.262. The lowest BCUT2D eigenvalue weighted by molar-refractivity contribution is -0.298.